The zero-order valence-corrected chi connectivity index (χ0v) is 17.4. The van der Waals surface area contributed by atoms with E-state index in [1.165, 1.54) is 0 Å². The molecule has 6 nitrogen and oxygen atoms in total. The van der Waals surface area contributed by atoms with Gasteiger partial charge in [-0.25, -0.2) is 0 Å². The van der Waals surface area contributed by atoms with E-state index in [1.807, 2.05) is 48.5 Å². The Hall–Kier alpha value is -3.54. The Morgan fingerprint density at radius 3 is 2.40 bits per heavy atom. The first-order valence-corrected chi connectivity index (χ1v) is 9.58. The average Bonchev–Trinajstić information content (AvgIpc) is 2.77. The van der Waals surface area contributed by atoms with E-state index in [1.54, 1.807) is 38.3 Å². The molecule has 0 saturated heterocycles. The highest BCUT2D eigenvalue weighted by Gasteiger charge is 2.14. The number of carbonyl (C=O) groups is 2. The lowest BCUT2D eigenvalue weighted by atomic mass is 10.1. The monoisotopic (exact) mass is 407 g/mol. The van der Waals surface area contributed by atoms with Gasteiger partial charge < -0.3 is 19.1 Å². The van der Waals surface area contributed by atoms with Gasteiger partial charge in [-0.3, -0.25) is 9.59 Å². The number of nitrogens with zero attached hydrogens (tertiary/aromatic N) is 1. The summed E-state index contributed by atoms with van der Waals surface area (Å²) >= 11 is 0. The largest absolute Gasteiger partial charge is 0.497 e. The summed E-state index contributed by atoms with van der Waals surface area (Å²) in [5.74, 6) is 0.684. The maximum absolute atomic E-state index is 12.4. The number of ether oxygens (including phenoxy) is 3. The lowest BCUT2D eigenvalue weighted by molar-refractivity contribution is -0.151. The number of rotatable bonds is 8. The van der Waals surface area contributed by atoms with Crippen LogP contribution < -0.4 is 9.47 Å². The smallest absolute Gasteiger partial charge is 0.310 e. The molecular formula is C24H25NO5. The van der Waals surface area contributed by atoms with Crippen molar-refractivity contribution in [2.75, 3.05) is 27.9 Å². The minimum atomic E-state index is -0.471. The standard InChI is InChI=1S/C24H25NO5/c1-25(15-17-8-9-19-13-21(28-2)11-10-18(19)12-17)23(26)16-30-24(27)14-20-6-4-5-7-22(20)29-3/h4-13H,14-16H2,1-3H3. The van der Waals surface area contributed by atoms with Gasteiger partial charge in [0.05, 0.1) is 20.6 Å². The number of benzene rings is 3. The number of para-hydroxylation sites is 1. The Labute approximate surface area is 176 Å². The first-order valence-electron chi connectivity index (χ1n) is 9.58. The maximum atomic E-state index is 12.4. The molecule has 6 heteroatoms. The Morgan fingerprint density at radius 2 is 1.63 bits per heavy atom. The van der Waals surface area contributed by atoms with Crippen LogP contribution in [0.4, 0.5) is 0 Å². The third kappa shape index (κ3) is 5.29. The van der Waals surface area contributed by atoms with Crippen molar-refractivity contribution in [3.8, 4) is 11.5 Å². The number of hydrogen-bond donors (Lipinski definition) is 0. The van der Waals surface area contributed by atoms with E-state index in [2.05, 4.69) is 0 Å². The van der Waals surface area contributed by atoms with Gasteiger partial charge in [-0.05, 0) is 40.6 Å². The van der Waals surface area contributed by atoms with Gasteiger partial charge in [0.15, 0.2) is 6.61 Å². The van der Waals surface area contributed by atoms with Gasteiger partial charge in [0.2, 0.25) is 0 Å². The minimum Gasteiger partial charge on any atom is -0.497 e. The van der Waals surface area contributed by atoms with Gasteiger partial charge in [0.1, 0.15) is 11.5 Å². The van der Waals surface area contributed by atoms with Crippen molar-refractivity contribution in [2.45, 2.75) is 13.0 Å². The summed E-state index contributed by atoms with van der Waals surface area (Å²) in [7, 11) is 4.87. The molecule has 0 aromatic heterocycles. The van der Waals surface area contributed by atoms with Crippen LogP contribution in [0.2, 0.25) is 0 Å². The predicted molar refractivity (Wildman–Crippen MR) is 115 cm³/mol. The molecule has 0 fully saturated rings. The van der Waals surface area contributed by atoms with Crippen LogP contribution in [0.3, 0.4) is 0 Å². The fourth-order valence-electron chi connectivity index (χ4n) is 3.17. The molecule has 0 N–H and O–H groups in total. The lowest BCUT2D eigenvalue weighted by Crippen LogP contribution is -2.31. The second-order valence-corrected chi connectivity index (χ2v) is 6.95. The molecule has 0 atom stereocenters. The predicted octanol–water partition coefficient (Wildman–Crippen LogP) is 3.60. The highest BCUT2D eigenvalue weighted by atomic mass is 16.5. The number of methoxy groups -OCH3 is 2. The van der Waals surface area contributed by atoms with E-state index in [9.17, 15) is 9.59 Å². The van der Waals surface area contributed by atoms with Crippen molar-refractivity contribution in [2.24, 2.45) is 0 Å². The van der Waals surface area contributed by atoms with Gasteiger partial charge in [-0.1, -0.05) is 36.4 Å². The Morgan fingerprint density at radius 1 is 0.900 bits per heavy atom. The van der Waals surface area contributed by atoms with Crippen molar-refractivity contribution in [3.05, 3.63) is 71.8 Å². The van der Waals surface area contributed by atoms with Crippen LogP contribution in [0.15, 0.2) is 60.7 Å². The normalized spacial score (nSPS) is 10.5. The van der Waals surface area contributed by atoms with E-state index in [-0.39, 0.29) is 18.9 Å². The molecule has 0 aliphatic carbocycles. The summed E-state index contributed by atoms with van der Waals surface area (Å²) in [6.07, 6.45) is 0.0507. The van der Waals surface area contributed by atoms with Crippen molar-refractivity contribution in [3.63, 3.8) is 0 Å². The number of likely N-dealkylation sites (N-methyl/N-ethyl adjacent to an activating group) is 1. The zero-order valence-electron chi connectivity index (χ0n) is 17.4. The molecule has 0 heterocycles. The van der Waals surface area contributed by atoms with Crippen molar-refractivity contribution < 1.29 is 23.8 Å². The van der Waals surface area contributed by atoms with Crippen LogP contribution >= 0.6 is 0 Å². The molecule has 0 aliphatic heterocycles. The Kier molecular flexibility index (Phi) is 6.91. The highest BCUT2D eigenvalue weighted by molar-refractivity contribution is 5.85. The van der Waals surface area contributed by atoms with Gasteiger partial charge in [0.25, 0.3) is 5.91 Å². The maximum Gasteiger partial charge on any atom is 0.310 e. The summed E-state index contributed by atoms with van der Waals surface area (Å²) in [5.41, 5.74) is 1.71. The van der Waals surface area contributed by atoms with E-state index in [0.717, 1.165) is 27.6 Å². The zero-order chi connectivity index (χ0) is 21.5. The molecule has 0 aliphatic rings. The molecule has 156 valence electrons. The fraction of sp³-hybridized carbons (Fsp3) is 0.250. The molecule has 0 radical (unpaired) electrons. The lowest BCUT2D eigenvalue weighted by Gasteiger charge is -2.18. The van der Waals surface area contributed by atoms with Crippen LogP contribution in [0.25, 0.3) is 10.8 Å². The van der Waals surface area contributed by atoms with E-state index in [0.29, 0.717) is 12.3 Å². The number of carbonyl (C=O) groups excluding carboxylic acids is 2. The van der Waals surface area contributed by atoms with E-state index >= 15 is 0 Å². The second-order valence-electron chi connectivity index (χ2n) is 6.95. The van der Waals surface area contributed by atoms with Crippen LogP contribution in [-0.4, -0.2) is 44.7 Å². The summed E-state index contributed by atoms with van der Waals surface area (Å²) in [6, 6.07) is 19.1. The average molecular weight is 407 g/mol. The molecule has 1 amide bonds. The molecule has 0 saturated carbocycles. The Bertz CT molecular complexity index is 1050. The molecule has 3 aromatic rings. The minimum absolute atomic E-state index is 0.0507. The number of hydrogen-bond acceptors (Lipinski definition) is 5. The molecule has 3 rings (SSSR count). The number of amides is 1. The third-order valence-electron chi connectivity index (χ3n) is 4.84. The quantitative estimate of drug-likeness (QED) is 0.534. The first-order chi connectivity index (χ1) is 14.5. The topological polar surface area (TPSA) is 65.1 Å². The van der Waals surface area contributed by atoms with Crippen molar-refractivity contribution in [1.29, 1.82) is 0 Å². The van der Waals surface area contributed by atoms with Gasteiger partial charge in [-0.15, -0.1) is 0 Å². The molecule has 0 bridgehead atoms. The molecule has 0 spiro atoms. The van der Waals surface area contributed by atoms with E-state index in [4.69, 9.17) is 14.2 Å². The summed E-state index contributed by atoms with van der Waals surface area (Å²) in [6.45, 7) is 0.125. The van der Waals surface area contributed by atoms with Crippen LogP contribution in [0.5, 0.6) is 11.5 Å². The molecular weight excluding hydrogens is 382 g/mol. The number of esters is 1. The van der Waals surface area contributed by atoms with E-state index < -0.39 is 5.97 Å². The van der Waals surface area contributed by atoms with Gasteiger partial charge >= 0.3 is 5.97 Å². The Balaban J connectivity index is 1.54. The van der Waals surface area contributed by atoms with Gasteiger partial charge in [-0.2, -0.15) is 0 Å². The van der Waals surface area contributed by atoms with Crippen molar-refractivity contribution in [1.82, 2.24) is 4.90 Å². The van der Waals surface area contributed by atoms with Crippen LogP contribution in [0, 0.1) is 0 Å². The van der Waals surface area contributed by atoms with Crippen LogP contribution in [-0.2, 0) is 27.3 Å². The second kappa shape index (κ2) is 9.78. The highest BCUT2D eigenvalue weighted by Crippen LogP contribution is 2.22. The van der Waals surface area contributed by atoms with Crippen LogP contribution in [0.1, 0.15) is 11.1 Å². The van der Waals surface area contributed by atoms with Crippen molar-refractivity contribution >= 4 is 22.6 Å². The summed E-state index contributed by atoms with van der Waals surface area (Å²) in [5, 5.41) is 2.13. The molecule has 3 aromatic carbocycles. The summed E-state index contributed by atoms with van der Waals surface area (Å²) < 4.78 is 15.6. The molecule has 0 unspecified atom stereocenters. The van der Waals surface area contributed by atoms with Gasteiger partial charge in [0, 0.05) is 19.2 Å². The summed E-state index contributed by atoms with van der Waals surface area (Å²) in [4.78, 5) is 26.0. The first kappa shape index (κ1) is 21.2. The number of fused-ring (bicyclic) bond motifs is 1. The molecule has 30 heavy (non-hydrogen) atoms. The third-order valence-corrected chi connectivity index (χ3v) is 4.84. The fourth-order valence-corrected chi connectivity index (χ4v) is 3.17. The SMILES string of the molecule is COc1ccc2cc(CN(C)C(=O)COC(=O)Cc3ccccc3OC)ccc2c1.